The zero-order chi connectivity index (χ0) is 15.3. The van der Waals surface area contributed by atoms with E-state index in [1.807, 2.05) is 0 Å². The number of hydrogen-bond donors (Lipinski definition) is 0. The Hall–Kier alpha value is -0.670. The summed E-state index contributed by atoms with van der Waals surface area (Å²) in [5, 5.41) is 0. The number of ketones is 1. The van der Waals surface area contributed by atoms with E-state index in [1.54, 1.807) is 19.1 Å². The monoisotopic (exact) mass is 296 g/mol. The van der Waals surface area contributed by atoms with Crippen molar-refractivity contribution in [3.63, 3.8) is 0 Å². The maximum atomic E-state index is 11.2. The highest BCUT2D eigenvalue weighted by Crippen LogP contribution is 2.13. The molecule has 1 heterocycles. The molecular formula is C18H32O3. The van der Waals surface area contributed by atoms with Gasteiger partial charge in [-0.2, -0.15) is 0 Å². The van der Waals surface area contributed by atoms with Crippen molar-refractivity contribution in [1.29, 1.82) is 0 Å². The van der Waals surface area contributed by atoms with Gasteiger partial charge in [-0.3, -0.25) is 4.79 Å². The molecule has 0 saturated heterocycles. The Morgan fingerprint density at radius 3 is 2.14 bits per heavy atom. The molecule has 0 radical (unpaired) electrons. The van der Waals surface area contributed by atoms with Crippen LogP contribution in [0.3, 0.4) is 0 Å². The molecule has 0 aromatic heterocycles. The van der Waals surface area contributed by atoms with Crippen LogP contribution in [0.1, 0.15) is 78.1 Å². The van der Waals surface area contributed by atoms with Crippen molar-refractivity contribution in [2.75, 3.05) is 6.61 Å². The van der Waals surface area contributed by atoms with Gasteiger partial charge >= 0.3 is 0 Å². The van der Waals surface area contributed by atoms with Crippen LogP contribution in [0.25, 0.3) is 0 Å². The summed E-state index contributed by atoms with van der Waals surface area (Å²) in [6.07, 6.45) is 15.8. The lowest BCUT2D eigenvalue weighted by molar-refractivity contribution is -0.159. The third-order valence-electron chi connectivity index (χ3n) is 3.94. The van der Waals surface area contributed by atoms with Crippen molar-refractivity contribution in [3.05, 3.63) is 12.2 Å². The fraction of sp³-hybridized carbons (Fsp3) is 0.833. The maximum absolute atomic E-state index is 11.2. The van der Waals surface area contributed by atoms with Crippen LogP contribution in [-0.4, -0.2) is 24.8 Å². The van der Waals surface area contributed by atoms with E-state index in [2.05, 4.69) is 6.92 Å². The summed E-state index contributed by atoms with van der Waals surface area (Å²) in [6, 6.07) is 0. The van der Waals surface area contributed by atoms with Crippen LogP contribution < -0.4 is 0 Å². The zero-order valence-electron chi connectivity index (χ0n) is 13.8. The van der Waals surface area contributed by atoms with Crippen molar-refractivity contribution in [2.45, 2.75) is 90.4 Å². The van der Waals surface area contributed by atoms with Crippen molar-refractivity contribution < 1.29 is 14.3 Å². The third kappa shape index (κ3) is 9.05. The van der Waals surface area contributed by atoms with Gasteiger partial charge in [0.15, 0.2) is 12.1 Å². The molecule has 2 unspecified atom stereocenters. The fourth-order valence-corrected chi connectivity index (χ4v) is 2.51. The average molecular weight is 296 g/mol. The van der Waals surface area contributed by atoms with E-state index < -0.39 is 0 Å². The molecule has 0 saturated carbocycles. The van der Waals surface area contributed by atoms with Crippen molar-refractivity contribution in [1.82, 2.24) is 0 Å². The number of carbonyl (C=O) groups is 1. The molecule has 0 fully saturated rings. The Bertz CT molecular complexity index is 299. The molecule has 0 aromatic carbocycles. The van der Waals surface area contributed by atoms with E-state index in [0.717, 1.165) is 6.42 Å². The topological polar surface area (TPSA) is 35.5 Å². The Morgan fingerprint density at radius 2 is 1.57 bits per heavy atom. The Kier molecular flexibility index (Phi) is 10.4. The van der Waals surface area contributed by atoms with Gasteiger partial charge in [-0.05, 0) is 25.5 Å². The number of hydrogen-bond acceptors (Lipinski definition) is 3. The van der Waals surface area contributed by atoms with E-state index in [9.17, 15) is 4.79 Å². The molecule has 122 valence electrons. The Labute approximate surface area is 130 Å². The Morgan fingerprint density at radius 1 is 1.00 bits per heavy atom. The molecule has 0 bridgehead atoms. The minimum Gasteiger partial charge on any atom is -0.349 e. The van der Waals surface area contributed by atoms with Gasteiger partial charge in [-0.25, -0.2) is 0 Å². The molecular weight excluding hydrogens is 264 g/mol. The van der Waals surface area contributed by atoms with Crippen LogP contribution in [0.4, 0.5) is 0 Å². The molecule has 0 N–H and O–H groups in total. The lowest BCUT2D eigenvalue weighted by Gasteiger charge is -2.22. The first-order valence-electron chi connectivity index (χ1n) is 8.73. The molecule has 21 heavy (non-hydrogen) atoms. The van der Waals surface area contributed by atoms with Crippen LogP contribution in [0, 0.1) is 0 Å². The summed E-state index contributed by atoms with van der Waals surface area (Å²) in [4.78, 5) is 11.2. The highest BCUT2D eigenvalue weighted by atomic mass is 16.7. The minimum atomic E-state index is -0.368. The summed E-state index contributed by atoms with van der Waals surface area (Å²) < 4.78 is 11.0. The molecule has 0 spiro atoms. The first-order valence-corrected chi connectivity index (χ1v) is 8.73. The second-order valence-electron chi connectivity index (χ2n) is 5.96. The van der Waals surface area contributed by atoms with Gasteiger partial charge in [-0.15, -0.1) is 0 Å². The molecule has 1 rings (SSSR count). The van der Waals surface area contributed by atoms with Gasteiger partial charge in [0.05, 0.1) is 6.61 Å². The van der Waals surface area contributed by atoms with E-state index in [1.165, 1.54) is 57.8 Å². The first kappa shape index (κ1) is 18.4. The summed E-state index contributed by atoms with van der Waals surface area (Å²) >= 11 is 0. The van der Waals surface area contributed by atoms with E-state index in [4.69, 9.17) is 9.47 Å². The predicted molar refractivity (Wildman–Crippen MR) is 86.3 cm³/mol. The van der Waals surface area contributed by atoms with Crippen LogP contribution in [0.5, 0.6) is 0 Å². The van der Waals surface area contributed by atoms with Crippen molar-refractivity contribution in [2.24, 2.45) is 0 Å². The van der Waals surface area contributed by atoms with Crippen LogP contribution in [0.15, 0.2) is 12.2 Å². The molecule has 0 aliphatic carbocycles. The smallest absolute Gasteiger partial charge is 0.184 e. The first-order chi connectivity index (χ1) is 10.2. The summed E-state index contributed by atoms with van der Waals surface area (Å²) in [7, 11) is 0. The van der Waals surface area contributed by atoms with E-state index in [-0.39, 0.29) is 18.2 Å². The van der Waals surface area contributed by atoms with Crippen LogP contribution >= 0.6 is 0 Å². The second kappa shape index (κ2) is 11.9. The van der Waals surface area contributed by atoms with Gasteiger partial charge in [-0.1, -0.05) is 64.7 Å². The quantitative estimate of drug-likeness (QED) is 0.486. The van der Waals surface area contributed by atoms with E-state index >= 15 is 0 Å². The lowest BCUT2D eigenvalue weighted by atomic mass is 10.1. The second-order valence-corrected chi connectivity index (χ2v) is 5.96. The molecule has 3 nitrogen and oxygen atoms in total. The van der Waals surface area contributed by atoms with Gasteiger partial charge in [0, 0.05) is 0 Å². The number of ether oxygens (including phenoxy) is 2. The molecule has 0 aromatic rings. The zero-order valence-corrected chi connectivity index (χ0v) is 13.8. The standard InChI is InChI=1S/C18H32O3/c1-3-4-5-6-7-8-9-10-11-12-15-20-18-14-13-17(19)16(2)21-18/h13-14,16,18H,3-12,15H2,1-2H3. The van der Waals surface area contributed by atoms with Crippen molar-refractivity contribution in [3.8, 4) is 0 Å². The largest absolute Gasteiger partial charge is 0.349 e. The van der Waals surface area contributed by atoms with Crippen LogP contribution in [0.2, 0.25) is 0 Å². The SMILES string of the molecule is CCCCCCCCCCCCOC1C=CC(=O)C(C)O1. The van der Waals surface area contributed by atoms with Crippen molar-refractivity contribution >= 4 is 5.78 Å². The molecule has 2 atom stereocenters. The predicted octanol–water partition coefficient (Wildman–Crippen LogP) is 4.79. The van der Waals surface area contributed by atoms with Gasteiger partial charge < -0.3 is 9.47 Å². The Balaban J connectivity index is 1.85. The van der Waals surface area contributed by atoms with Crippen LogP contribution in [-0.2, 0) is 14.3 Å². The average Bonchev–Trinajstić information content (AvgIpc) is 2.48. The highest BCUT2D eigenvalue weighted by molar-refractivity contribution is 5.93. The number of unbranched alkanes of at least 4 members (excludes halogenated alkanes) is 9. The minimum absolute atomic E-state index is 0.0220. The maximum Gasteiger partial charge on any atom is 0.184 e. The summed E-state index contributed by atoms with van der Waals surface area (Å²) in [6.45, 7) is 4.74. The van der Waals surface area contributed by atoms with E-state index in [0.29, 0.717) is 6.61 Å². The van der Waals surface area contributed by atoms with Gasteiger partial charge in [0.25, 0.3) is 0 Å². The lowest BCUT2D eigenvalue weighted by Crippen LogP contribution is -2.30. The summed E-state index contributed by atoms with van der Waals surface area (Å²) in [5.74, 6) is 0.0220. The molecule has 1 aliphatic heterocycles. The molecule has 0 amide bonds. The third-order valence-corrected chi connectivity index (χ3v) is 3.94. The highest BCUT2D eigenvalue weighted by Gasteiger charge is 2.20. The normalized spacial score (nSPS) is 21.9. The number of carbonyl (C=O) groups excluding carboxylic acids is 1. The fourth-order valence-electron chi connectivity index (χ4n) is 2.51. The summed E-state index contributed by atoms with van der Waals surface area (Å²) in [5.41, 5.74) is 0. The molecule has 3 heteroatoms. The van der Waals surface area contributed by atoms with Gasteiger partial charge in [0.1, 0.15) is 6.10 Å². The number of rotatable bonds is 12. The molecule has 1 aliphatic rings. The van der Waals surface area contributed by atoms with Gasteiger partial charge in [0.2, 0.25) is 0 Å².